The van der Waals surface area contributed by atoms with Crippen molar-refractivity contribution in [3.05, 3.63) is 58.1 Å². The largest absolute Gasteiger partial charge is 0.484 e. The standard InChI is InChI=1S/C20H24ClNO4S/c1-5-18(15-6-8-17(9-7-15)27(4,24)25)22-19(23)12-26-16-10-13(2)20(21)14(3)11-16/h6-11,18H,5,12H2,1-4H3,(H,22,23). The van der Waals surface area contributed by atoms with Gasteiger partial charge in [0.1, 0.15) is 5.75 Å². The molecule has 0 aromatic heterocycles. The Morgan fingerprint density at radius 2 is 1.70 bits per heavy atom. The van der Waals surface area contributed by atoms with Crippen molar-refractivity contribution >= 4 is 27.3 Å². The SMILES string of the molecule is CCC(NC(=O)COc1cc(C)c(Cl)c(C)c1)c1ccc(S(C)(=O)=O)cc1. The number of halogens is 1. The van der Waals surface area contributed by atoms with Crippen LogP contribution in [0.5, 0.6) is 5.75 Å². The smallest absolute Gasteiger partial charge is 0.258 e. The fourth-order valence-electron chi connectivity index (χ4n) is 2.74. The highest BCUT2D eigenvalue weighted by Crippen LogP contribution is 2.26. The van der Waals surface area contributed by atoms with Crippen LogP contribution in [0.25, 0.3) is 0 Å². The van der Waals surface area contributed by atoms with Gasteiger partial charge in [-0.1, -0.05) is 30.7 Å². The maximum absolute atomic E-state index is 12.3. The molecule has 0 aliphatic heterocycles. The predicted octanol–water partition coefficient (Wildman–Crippen LogP) is 4.01. The third kappa shape index (κ3) is 5.71. The highest BCUT2D eigenvalue weighted by atomic mass is 35.5. The molecule has 0 saturated carbocycles. The van der Waals surface area contributed by atoms with Gasteiger partial charge in [0, 0.05) is 11.3 Å². The molecule has 2 aromatic carbocycles. The molecule has 0 aliphatic carbocycles. The van der Waals surface area contributed by atoms with Crippen LogP contribution >= 0.6 is 11.6 Å². The first-order valence-corrected chi connectivity index (χ1v) is 10.9. The number of carbonyl (C=O) groups excluding carboxylic acids is 1. The molecule has 1 unspecified atom stereocenters. The molecule has 5 nitrogen and oxygen atoms in total. The third-order valence-electron chi connectivity index (χ3n) is 4.23. The maximum atomic E-state index is 12.3. The molecule has 7 heteroatoms. The summed E-state index contributed by atoms with van der Waals surface area (Å²) in [6, 6.07) is 9.91. The number of sulfone groups is 1. The van der Waals surface area contributed by atoms with Crippen molar-refractivity contribution in [2.45, 2.75) is 38.1 Å². The molecule has 27 heavy (non-hydrogen) atoms. The number of rotatable bonds is 7. The zero-order valence-corrected chi connectivity index (χ0v) is 17.4. The number of benzene rings is 2. The first kappa shape index (κ1) is 21.3. The minimum Gasteiger partial charge on any atom is -0.484 e. The van der Waals surface area contributed by atoms with Gasteiger partial charge in [0.25, 0.3) is 5.91 Å². The fraction of sp³-hybridized carbons (Fsp3) is 0.350. The normalized spacial score (nSPS) is 12.5. The molecule has 1 N–H and O–H groups in total. The number of aryl methyl sites for hydroxylation is 2. The summed E-state index contributed by atoms with van der Waals surface area (Å²) in [5.74, 6) is 0.342. The van der Waals surface area contributed by atoms with E-state index in [-0.39, 0.29) is 23.5 Å². The van der Waals surface area contributed by atoms with E-state index in [1.165, 1.54) is 6.26 Å². The van der Waals surface area contributed by atoms with Gasteiger partial charge in [0.15, 0.2) is 16.4 Å². The van der Waals surface area contributed by atoms with Crippen LogP contribution in [0.2, 0.25) is 5.02 Å². The van der Waals surface area contributed by atoms with E-state index in [1.807, 2.05) is 20.8 Å². The van der Waals surface area contributed by atoms with E-state index < -0.39 is 9.84 Å². The van der Waals surface area contributed by atoms with Gasteiger partial charge in [0.2, 0.25) is 0 Å². The summed E-state index contributed by atoms with van der Waals surface area (Å²) in [7, 11) is -3.24. The summed E-state index contributed by atoms with van der Waals surface area (Å²) in [4.78, 5) is 12.5. The quantitative estimate of drug-likeness (QED) is 0.749. The van der Waals surface area contributed by atoms with Gasteiger partial charge >= 0.3 is 0 Å². The molecule has 1 atom stereocenters. The van der Waals surface area contributed by atoms with Crippen LogP contribution in [0, 0.1) is 13.8 Å². The molecular formula is C20H24ClNO4S. The fourth-order valence-corrected chi connectivity index (χ4v) is 3.48. The van der Waals surface area contributed by atoms with Gasteiger partial charge in [-0.05, 0) is 61.2 Å². The summed E-state index contributed by atoms with van der Waals surface area (Å²) in [6.45, 7) is 5.60. The number of amides is 1. The van der Waals surface area contributed by atoms with Crippen molar-refractivity contribution in [1.82, 2.24) is 5.32 Å². The topological polar surface area (TPSA) is 72.5 Å². The average Bonchev–Trinajstić information content (AvgIpc) is 2.61. The van der Waals surface area contributed by atoms with Gasteiger partial charge in [0.05, 0.1) is 10.9 Å². The van der Waals surface area contributed by atoms with Gasteiger partial charge in [-0.2, -0.15) is 0 Å². The van der Waals surface area contributed by atoms with E-state index in [0.717, 1.165) is 16.7 Å². The summed E-state index contributed by atoms with van der Waals surface area (Å²) in [5, 5.41) is 3.60. The van der Waals surface area contributed by atoms with E-state index in [9.17, 15) is 13.2 Å². The lowest BCUT2D eigenvalue weighted by Gasteiger charge is -2.18. The lowest BCUT2D eigenvalue weighted by Crippen LogP contribution is -2.32. The second-order valence-electron chi connectivity index (χ2n) is 6.53. The molecule has 0 saturated heterocycles. The third-order valence-corrected chi connectivity index (χ3v) is 5.96. The highest BCUT2D eigenvalue weighted by molar-refractivity contribution is 7.90. The van der Waals surface area contributed by atoms with Crippen molar-refractivity contribution in [3.8, 4) is 5.75 Å². The first-order chi connectivity index (χ1) is 12.6. The number of carbonyl (C=O) groups is 1. The van der Waals surface area contributed by atoms with Gasteiger partial charge < -0.3 is 10.1 Å². The number of nitrogens with one attached hydrogen (secondary N) is 1. The van der Waals surface area contributed by atoms with Crippen LogP contribution in [0.15, 0.2) is 41.3 Å². The predicted molar refractivity (Wildman–Crippen MR) is 107 cm³/mol. The van der Waals surface area contributed by atoms with E-state index in [1.54, 1.807) is 36.4 Å². The minimum atomic E-state index is -3.24. The van der Waals surface area contributed by atoms with Crippen molar-refractivity contribution in [2.75, 3.05) is 12.9 Å². The second-order valence-corrected chi connectivity index (χ2v) is 8.92. The Morgan fingerprint density at radius 3 is 2.19 bits per heavy atom. The highest BCUT2D eigenvalue weighted by Gasteiger charge is 2.15. The molecular weight excluding hydrogens is 386 g/mol. The molecule has 2 aromatic rings. The Balaban J connectivity index is 2.00. The molecule has 0 bridgehead atoms. The minimum absolute atomic E-state index is 0.113. The van der Waals surface area contributed by atoms with Gasteiger partial charge in [-0.25, -0.2) is 8.42 Å². The number of hydrogen-bond donors (Lipinski definition) is 1. The van der Waals surface area contributed by atoms with Crippen LogP contribution < -0.4 is 10.1 Å². The average molecular weight is 410 g/mol. The van der Waals surface area contributed by atoms with E-state index in [4.69, 9.17) is 16.3 Å². The van der Waals surface area contributed by atoms with E-state index in [2.05, 4.69) is 5.32 Å². The molecule has 0 fully saturated rings. The van der Waals surface area contributed by atoms with E-state index >= 15 is 0 Å². The Bertz CT molecular complexity index is 900. The maximum Gasteiger partial charge on any atom is 0.258 e. The molecule has 0 heterocycles. The lowest BCUT2D eigenvalue weighted by molar-refractivity contribution is -0.123. The Labute approximate surface area is 165 Å². The number of hydrogen-bond acceptors (Lipinski definition) is 4. The van der Waals surface area contributed by atoms with Crippen molar-refractivity contribution < 1.29 is 17.9 Å². The summed E-state index contributed by atoms with van der Waals surface area (Å²) >= 11 is 6.13. The summed E-state index contributed by atoms with van der Waals surface area (Å²) < 4.78 is 28.7. The molecule has 0 spiro atoms. The lowest BCUT2D eigenvalue weighted by atomic mass is 10.0. The molecule has 0 radical (unpaired) electrons. The van der Waals surface area contributed by atoms with Gasteiger partial charge in [-0.15, -0.1) is 0 Å². The van der Waals surface area contributed by atoms with Crippen LogP contribution in [-0.2, 0) is 14.6 Å². The Kier molecular flexibility index (Phi) is 6.89. The second kappa shape index (κ2) is 8.76. The van der Waals surface area contributed by atoms with Crippen molar-refractivity contribution in [2.24, 2.45) is 0 Å². The first-order valence-electron chi connectivity index (χ1n) is 8.60. The Morgan fingerprint density at radius 1 is 1.15 bits per heavy atom. The van der Waals surface area contributed by atoms with Crippen LogP contribution in [0.3, 0.4) is 0 Å². The van der Waals surface area contributed by atoms with E-state index in [0.29, 0.717) is 17.2 Å². The molecule has 146 valence electrons. The van der Waals surface area contributed by atoms with Crippen molar-refractivity contribution in [1.29, 1.82) is 0 Å². The molecule has 0 aliphatic rings. The number of ether oxygens (including phenoxy) is 1. The van der Waals surface area contributed by atoms with Crippen LogP contribution in [0.1, 0.15) is 36.1 Å². The zero-order valence-electron chi connectivity index (χ0n) is 15.9. The molecule has 1 amide bonds. The van der Waals surface area contributed by atoms with Crippen LogP contribution in [-0.4, -0.2) is 27.2 Å². The van der Waals surface area contributed by atoms with Gasteiger partial charge in [-0.3, -0.25) is 4.79 Å². The monoisotopic (exact) mass is 409 g/mol. The zero-order chi connectivity index (χ0) is 20.2. The Hall–Kier alpha value is -2.05. The molecule has 2 rings (SSSR count). The van der Waals surface area contributed by atoms with Crippen molar-refractivity contribution in [3.63, 3.8) is 0 Å². The summed E-state index contributed by atoms with van der Waals surface area (Å²) in [5.41, 5.74) is 2.63. The summed E-state index contributed by atoms with van der Waals surface area (Å²) in [6.07, 6.45) is 1.84. The van der Waals surface area contributed by atoms with Crippen LogP contribution in [0.4, 0.5) is 0 Å².